The fourth-order valence-corrected chi connectivity index (χ4v) is 2.68. The highest BCUT2D eigenvalue weighted by atomic mass is 19.1. The van der Waals surface area contributed by atoms with E-state index in [1.807, 2.05) is 0 Å². The van der Waals surface area contributed by atoms with Crippen LogP contribution < -0.4 is 10.2 Å². The van der Waals surface area contributed by atoms with Crippen molar-refractivity contribution in [2.75, 3.05) is 24.6 Å². The first-order valence-corrected chi connectivity index (χ1v) is 7.80. The number of benzene rings is 1. The predicted molar refractivity (Wildman–Crippen MR) is 85.7 cm³/mol. The molecule has 0 radical (unpaired) electrons. The van der Waals surface area contributed by atoms with Crippen LogP contribution in [-0.4, -0.2) is 30.8 Å². The van der Waals surface area contributed by atoms with E-state index in [-0.39, 0.29) is 18.5 Å². The Balaban J connectivity index is 2.22. The van der Waals surface area contributed by atoms with E-state index in [4.69, 9.17) is 5.11 Å². The summed E-state index contributed by atoms with van der Waals surface area (Å²) in [5.41, 5.74) is 2.21. The fraction of sp³-hybridized carbons (Fsp3) is 0.471. The number of aliphatic hydroxyl groups excluding tert-OH is 1. The highest BCUT2D eigenvalue weighted by Gasteiger charge is 2.28. The van der Waals surface area contributed by atoms with Gasteiger partial charge in [-0.25, -0.2) is 9.18 Å². The molecule has 5 heteroatoms. The minimum atomic E-state index is -0.311. The molecular formula is C17H23FN2O2. The molecular weight excluding hydrogens is 283 g/mol. The van der Waals surface area contributed by atoms with Crippen LogP contribution in [0.1, 0.15) is 30.9 Å². The third-order valence-electron chi connectivity index (χ3n) is 3.83. The van der Waals surface area contributed by atoms with Gasteiger partial charge in [-0.15, -0.1) is 0 Å². The van der Waals surface area contributed by atoms with E-state index in [2.05, 4.69) is 12.2 Å². The number of allylic oxidation sites excluding steroid dienone is 1. The molecule has 0 saturated carbocycles. The molecule has 1 aliphatic rings. The molecule has 2 amide bonds. The molecule has 2 rings (SSSR count). The number of rotatable bonds is 6. The van der Waals surface area contributed by atoms with Crippen LogP contribution in [0, 0.1) is 5.82 Å². The molecule has 4 nitrogen and oxygen atoms in total. The van der Waals surface area contributed by atoms with Gasteiger partial charge in [-0.3, -0.25) is 4.90 Å². The van der Waals surface area contributed by atoms with Gasteiger partial charge in [0.25, 0.3) is 0 Å². The van der Waals surface area contributed by atoms with Crippen LogP contribution >= 0.6 is 0 Å². The van der Waals surface area contributed by atoms with Gasteiger partial charge in [-0.1, -0.05) is 31.6 Å². The first-order valence-electron chi connectivity index (χ1n) is 7.80. The van der Waals surface area contributed by atoms with Crippen molar-refractivity contribution in [3.63, 3.8) is 0 Å². The third kappa shape index (κ3) is 3.65. The van der Waals surface area contributed by atoms with Crippen LogP contribution in [0.2, 0.25) is 0 Å². The zero-order valence-corrected chi connectivity index (χ0v) is 12.9. The summed E-state index contributed by atoms with van der Waals surface area (Å²) in [4.78, 5) is 13.9. The molecule has 0 bridgehead atoms. The van der Waals surface area contributed by atoms with Crippen molar-refractivity contribution in [1.82, 2.24) is 5.32 Å². The smallest absolute Gasteiger partial charge is 0.321 e. The Hall–Kier alpha value is -1.88. The second kappa shape index (κ2) is 7.94. The second-order valence-electron chi connectivity index (χ2n) is 5.38. The Labute approximate surface area is 130 Å². The standard InChI is InChI=1S/C17H23FN2O2/c1-2-3-10-19-17(22)20-11-9-13-7-8-15(18)14(16(13)20)6-4-5-12-21/h4-5,7-8,21H,2-3,6,9-12H2,1H3,(H,19,22)/b5-4-. The predicted octanol–water partition coefficient (Wildman–Crippen LogP) is 2.79. The monoisotopic (exact) mass is 306 g/mol. The van der Waals surface area contributed by atoms with Crippen molar-refractivity contribution in [3.05, 3.63) is 41.2 Å². The van der Waals surface area contributed by atoms with Gasteiger partial charge >= 0.3 is 6.03 Å². The van der Waals surface area contributed by atoms with Crippen LogP contribution in [0.4, 0.5) is 14.9 Å². The summed E-state index contributed by atoms with van der Waals surface area (Å²) in [5.74, 6) is -0.311. The molecule has 120 valence electrons. The minimum absolute atomic E-state index is 0.0716. The zero-order chi connectivity index (χ0) is 15.9. The number of amides is 2. The number of anilines is 1. The number of unbranched alkanes of at least 4 members (excludes halogenated alkanes) is 1. The molecule has 0 spiro atoms. The van der Waals surface area contributed by atoms with Crippen molar-refractivity contribution in [3.8, 4) is 0 Å². The van der Waals surface area contributed by atoms with Crippen LogP contribution in [-0.2, 0) is 12.8 Å². The molecule has 2 N–H and O–H groups in total. The van der Waals surface area contributed by atoms with Gasteiger partial charge in [-0.2, -0.15) is 0 Å². The number of fused-ring (bicyclic) bond motifs is 1. The lowest BCUT2D eigenvalue weighted by atomic mass is 10.0. The Morgan fingerprint density at radius 2 is 2.27 bits per heavy atom. The van der Waals surface area contributed by atoms with Gasteiger partial charge in [0.1, 0.15) is 5.82 Å². The lowest BCUT2D eigenvalue weighted by Gasteiger charge is -2.21. The average Bonchev–Trinajstić information content (AvgIpc) is 2.94. The quantitative estimate of drug-likeness (QED) is 0.627. The van der Waals surface area contributed by atoms with E-state index in [9.17, 15) is 9.18 Å². The molecule has 0 fully saturated rings. The molecule has 0 unspecified atom stereocenters. The SMILES string of the molecule is CCCCNC(=O)N1CCc2ccc(F)c(C/C=C\CO)c21. The number of halogens is 1. The largest absolute Gasteiger partial charge is 0.392 e. The number of carbonyl (C=O) groups excluding carboxylic acids is 1. The summed E-state index contributed by atoms with van der Waals surface area (Å²) < 4.78 is 14.2. The van der Waals surface area contributed by atoms with Gasteiger partial charge in [0, 0.05) is 18.7 Å². The summed E-state index contributed by atoms with van der Waals surface area (Å²) in [7, 11) is 0. The maximum Gasteiger partial charge on any atom is 0.321 e. The fourth-order valence-electron chi connectivity index (χ4n) is 2.68. The Kier molecular flexibility index (Phi) is 5.95. The molecule has 0 atom stereocenters. The van der Waals surface area contributed by atoms with Gasteiger partial charge in [0.05, 0.1) is 12.3 Å². The first-order chi connectivity index (χ1) is 10.7. The lowest BCUT2D eigenvalue weighted by molar-refractivity contribution is 0.246. The van der Waals surface area contributed by atoms with E-state index < -0.39 is 0 Å². The molecule has 22 heavy (non-hydrogen) atoms. The molecule has 0 aliphatic carbocycles. The third-order valence-corrected chi connectivity index (χ3v) is 3.83. The van der Waals surface area contributed by atoms with Crippen molar-refractivity contribution in [1.29, 1.82) is 0 Å². The minimum Gasteiger partial charge on any atom is -0.392 e. The van der Waals surface area contributed by atoms with E-state index in [1.165, 1.54) is 6.07 Å². The lowest BCUT2D eigenvalue weighted by Crippen LogP contribution is -2.39. The molecule has 1 heterocycles. The van der Waals surface area contributed by atoms with Gasteiger partial charge < -0.3 is 10.4 Å². The topological polar surface area (TPSA) is 52.6 Å². The summed E-state index contributed by atoms with van der Waals surface area (Å²) >= 11 is 0. The summed E-state index contributed by atoms with van der Waals surface area (Å²) in [6.07, 6.45) is 6.37. The molecule has 1 aromatic rings. The normalized spacial score (nSPS) is 13.7. The summed E-state index contributed by atoms with van der Waals surface area (Å²) in [5, 5.41) is 11.7. The van der Waals surface area contributed by atoms with Crippen molar-refractivity contribution < 1.29 is 14.3 Å². The maximum absolute atomic E-state index is 14.2. The number of aliphatic hydroxyl groups is 1. The Bertz CT molecular complexity index is 558. The molecule has 0 saturated heterocycles. The van der Waals surface area contributed by atoms with Crippen molar-refractivity contribution in [2.24, 2.45) is 0 Å². The highest BCUT2D eigenvalue weighted by molar-refractivity contribution is 5.95. The number of hydrogen-bond donors (Lipinski definition) is 2. The van der Waals surface area contributed by atoms with Crippen LogP contribution in [0.5, 0.6) is 0 Å². The summed E-state index contributed by atoms with van der Waals surface area (Å²) in [6.45, 7) is 3.21. The number of carbonyl (C=O) groups is 1. The summed E-state index contributed by atoms with van der Waals surface area (Å²) in [6, 6.07) is 3.05. The average molecular weight is 306 g/mol. The van der Waals surface area contributed by atoms with E-state index in [0.717, 1.165) is 24.8 Å². The van der Waals surface area contributed by atoms with E-state index in [0.29, 0.717) is 30.8 Å². The number of nitrogens with one attached hydrogen (secondary N) is 1. The molecule has 1 aromatic carbocycles. The van der Waals surface area contributed by atoms with Crippen LogP contribution in [0.15, 0.2) is 24.3 Å². The van der Waals surface area contributed by atoms with Gasteiger partial charge in [-0.05, 0) is 30.9 Å². The van der Waals surface area contributed by atoms with Gasteiger partial charge in [0.2, 0.25) is 0 Å². The molecule has 1 aliphatic heterocycles. The Morgan fingerprint density at radius 1 is 1.45 bits per heavy atom. The zero-order valence-electron chi connectivity index (χ0n) is 12.9. The molecule has 0 aromatic heterocycles. The van der Waals surface area contributed by atoms with E-state index >= 15 is 0 Å². The maximum atomic E-state index is 14.2. The van der Waals surface area contributed by atoms with Gasteiger partial charge in [0.15, 0.2) is 0 Å². The van der Waals surface area contributed by atoms with Crippen molar-refractivity contribution in [2.45, 2.75) is 32.6 Å². The van der Waals surface area contributed by atoms with Crippen LogP contribution in [0.3, 0.4) is 0 Å². The number of hydrogen-bond acceptors (Lipinski definition) is 2. The number of urea groups is 1. The first kappa shape index (κ1) is 16.5. The highest BCUT2D eigenvalue weighted by Crippen LogP contribution is 2.34. The second-order valence-corrected chi connectivity index (χ2v) is 5.38. The Morgan fingerprint density at radius 3 is 3.00 bits per heavy atom. The number of nitrogens with zero attached hydrogens (tertiary/aromatic N) is 1. The van der Waals surface area contributed by atoms with Crippen LogP contribution in [0.25, 0.3) is 0 Å². The van der Waals surface area contributed by atoms with E-state index in [1.54, 1.807) is 23.1 Å². The van der Waals surface area contributed by atoms with Crippen molar-refractivity contribution >= 4 is 11.7 Å².